The fraction of sp³-hybridized carbons (Fsp3) is 0.440. The molecule has 0 amide bonds. The first kappa shape index (κ1) is 21.2. The number of hydrogen-bond acceptors (Lipinski definition) is 2. The van der Waals surface area contributed by atoms with Crippen LogP contribution in [0.4, 0.5) is 0 Å². The van der Waals surface area contributed by atoms with Gasteiger partial charge in [0, 0.05) is 5.41 Å². The molecule has 0 fully saturated rings. The quantitative estimate of drug-likeness (QED) is 0.602. The number of aryl methyl sites for hydroxylation is 2. The highest BCUT2D eigenvalue weighted by Crippen LogP contribution is 2.40. The maximum Gasteiger partial charge on any atom is 0.121 e. The van der Waals surface area contributed by atoms with Gasteiger partial charge in [0.1, 0.15) is 5.75 Å². The third-order valence-electron chi connectivity index (χ3n) is 5.89. The maximum atomic E-state index is 9.79. The van der Waals surface area contributed by atoms with E-state index >= 15 is 0 Å². The highest BCUT2D eigenvalue weighted by Gasteiger charge is 2.31. The van der Waals surface area contributed by atoms with Crippen molar-refractivity contribution in [1.29, 1.82) is 0 Å². The van der Waals surface area contributed by atoms with Gasteiger partial charge in [-0.25, -0.2) is 0 Å². The normalized spacial score (nSPS) is 13.1. The average molecular weight is 367 g/mol. The van der Waals surface area contributed by atoms with Crippen molar-refractivity contribution in [3.8, 4) is 5.75 Å². The number of ether oxygens (including phenoxy) is 1. The van der Waals surface area contributed by atoms with Gasteiger partial charge in [-0.05, 0) is 67.0 Å². The summed E-state index contributed by atoms with van der Waals surface area (Å²) in [4.78, 5) is 0. The summed E-state index contributed by atoms with van der Waals surface area (Å²) < 4.78 is 5.45. The Labute approximate surface area is 164 Å². The monoisotopic (exact) mass is 366 g/mol. The van der Waals surface area contributed by atoms with Gasteiger partial charge in [0.05, 0.1) is 13.2 Å². The first-order valence-electron chi connectivity index (χ1n) is 10.0. The van der Waals surface area contributed by atoms with Crippen molar-refractivity contribution in [3.63, 3.8) is 0 Å². The van der Waals surface area contributed by atoms with Gasteiger partial charge >= 0.3 is 0 Å². The minimum Gasteiger partial charge on any atom is -0.496 e. The number of methoxy groups -OCH3 is 1. The Morgan fingerprint density at radius 3 is 2.04 bits per heavy atom. The van der Waals surface area contributed by atoms with Crippen molar-refractivity contribution in [2.24, 2.45) is 0 Å². The van der Waals surface area contributed by atoms with E-state index in [0.29, 0.717) is 0 Å². The van der Waals surface area contributed by atoms with Crippen molar-refractivity contribution >= 4 is 6.08 Å². The Hall–Kier alpha value is -2.06. The first-order chi connectivity index (χ1) is 12.9. The Kier molecular flexibility index (Phi) is 7.26. The lowest BCUT2D eigenvalue weighted by Crippen LogP contribution is -2.26. The van der Waals surface area contributed by atoms with E-state index in [2.05, 4.69) is 64.1 Å². The molecule has 2 heteroatoms. The van der Waals surface area contributed by atoms with Gasteiger partial charge in [-0.1, -0.05) is 63.3 Å². The molecule has 2 aromatic carbocycles. The molecule has 1 N–H and O–H groups in total. The molecule has 0 radical (unpaired) electrons. The topological polar surface area (TPSA) is 29.5 Å². The zero-order chi connectivity index (χ0) is 20.0. The zero-order valence-corrected chi connectivity index (χ0v) is 17.7. The second-order valence-corrected chi connectivity index (χ2v) is 7.38. The molecule has 0 aliphatic rings. The zero-order valence-electron chi connectivity index (χ0n) is 17.7. The van der Waals surface area contributed by atoms with Gasteiger partial charge in [-0.2, -0.15) is 0 Å². The lowest BCUT2D eigenvalue weighted by atomic mass is 9.70. The van der Waals surface area contributed by atoms with Gasteiger partial charge < -0.3 is 9.84 Å². The van der Waals surface area contributed by atoms with Crippen LogP contribution >= 0.6 is 0 Å². The summed E-state index contributed by atoms with van der Waals surface area (Å²) in [7, 11) is 1.72. The van der Waals surface area contributed by atoms with Gasteiger partial charge in [0.25, 0.3) is 0 Å². The molecule has 27 heavy (non-hydrogen) atoms. The second kappa shape index (κ2) is 9.23. The molecule has 0 spiro atoms. The maximum absolute atomic E-state index is 9.79. The van der Waals surface area contributed by atoms with E-state index in [-0.39, 0.29) is 11.5 Å². The van der Waals surface area contributed by atoms with E-state index in [4.69, 9.17) is 4.74 Å². The standard InChI is InChI=1S/C25H34O2/c1-7-23(26)14-11-20-10-12-21(16-18(20)4)25(8-2,9-3)22-13-15-24(27-6)19(5)17-22/h10-17,23,26H,7-9H2,1-6H3/b14-11+. The molecule has 0 aliphatic carbocycles. The molecule has 2 rings (SSSR count). The molecule has 0 aliphatic heterocycles. The van der Waals surface area contributed by atoms with Crippen LogP contribution in [0, 0.1) is 13.8 Å². The van der Waals surface area contributed by atoms with Crippen LogP contribution in [0.15, 0.2) is 42.5 Å². The molecule has 1 atom stereocenters. The molecule has 0 heterocycles. The van der Waals surface area contributed by atoms with E-state index < -0.39 is 0 Å². The van der Waals surface area contributed by atoms with Gasteiger partial charge in [-0.15, -0.1) is 0 Å². The SMILES string of the molecule is CCC(O)/C=C/c1ccc(C(CC)(CC)c2ccc(OC)c(C)c2)cc1C. The second-order valence-electron chi connectivity index (χ2n) is 7.38. The minimum atomic E-state index is -0.378. The molecule has 0 saturated heterocycles. The summed E-state index contributed by atoms with van der Waals surface area (Å²) in [5.74, 6) is 0.936. The predicted molar refractivity (Wildman–Crippen MR) is 116 cm³/mol. The van der Waals surface area contributed by atoms with E-state index in [1.807, 2.05) is 19.1 Å². The van der Waals surface area contributed by atoms with Crippen molar-refractivity contribution in [3.05, 3.63) is 70.3 Å². The summed E-state index contributed by atoms with van der Waals surface area (Å²) in [6.07, 6.45) is 6.35. The Bertz CT molecular complexity index is 785. The van der Waals surface area contributed by atoms with Gasteiger partial charge in [0.15, 0.2) is 0 Å². The van der Waals surface area contributed by atoms with E-state index in [0.717, 1.165) is 25.0 Å². The Balaban J connectivity index is 2.48. The van der Waals surface area contributed by atoms with E-state index in [9.17, 15) is 5.11 Å². The fourth-order valence-corrected chi connectivity index (χ4v) is 3.92. The summed E-state index contributed by atoms with van der Waals surface area (Å²) >= 11 is 0. The molecule has 0 aromatic heterocycles. The smallest absolute Gasteiger partial charge is 0.121 e. The molecular weight excluding hydrogens is 332 g/mol. The first-order valence-corrected chi connectivity index (χ1v) is 10.0. The lowest BCUT2D eigenvalue weighted by molar-refractivity contribution is 0.220. The number of hydrogen-bond donors (Lipinski definition) is 1. The van der Waals surface area contributed by atoms with Crippen LogP contribution in [-0.2, 0) is 5.41 Å². The summed E-state index contributed by atoms with van der Waals surface area (Å²) in [6, 6.07) is 13.3. The molecule has 146 valence electrons. The third kappa shape index (κ3) is 4.44. The Morgan fingerprint density at radius 2 is 1.56 bits per heavy atom. The number of aliphatic hydroxyl groups is 1. The predicted octanol–water partition coefficient (Wildman–Crippen LogP) is 6.20. The van der Waals surface area contributed by atoms with Crippen LogP contribution in [-0.4, -0.2) is 18.3 Å². The number of aliphatic hydroxyl groups excluding tert-OH is 1. The van der Waals surface area contributed by atoms with Crippen LogP contribution in [0.5, 0.6) is 5.75 Å². The summed E-state index contributed by atoms with van der Waals surface area (Å²) in [5, 5.41) is 9.79. The highest BCUT2D eigenvalue weighted by atomic mass is 16.5. The van der Waals surface area contributed by atoms with E-state index in [1.54, 1.807) is 7.11 Å². The van der Waals surface area contributed by atoms with Gasteiger partial charge in [-0.3, -0.25) is 0 Å². The average Bonchev–Trinajstić information content (AvgIpc) is 2.68. The Morgan fingerprint density at radius 1 is 0.963 bits per heavy atom. The van der Waals surface area contributed by atoms with Crippen LogP contribution in [0.2, 0.25) is 0 Å². The van der Waals surface area contributed by atoms with E-state index in [1.165, 1.54) is 27.8 Å². The van der Waals surface area contributed by atoms with Crippen LogP contribution < -0.4 is 4.74 Å². The summed E-state index contributed by atoms with van der Waals surface area (Å²) in [5.41, 5.74) is 6.26. The number of rotatable bonds is 8. The van der Waals surface area contributed by atoms with Crippen molar-refractivity contribution < 1.29 is 9.84 Å². The fourth-order valence-electron chi connectivity index (χ4n) is 3.92. The van der Waals surface area contributed by atoms with Crippen LogP contribution in [0.1, 0.15) is 67.9 Å². The molecule has 0 bridgehead atoms. The lowest BCUT2D eigenvalue weighted by Gasteiger charge is -2.34. The number of benzene rings is 2. The molecule has 2 nitrogen and oxygen atoms in total. The molecular formula is C25H34O2. The molecule has 1 unspecified atom stereocenters. The van der Waals surface area contributed by atoms with Gasteiger partial charge in [0.2, 0.25) is 0 Å². The third-order valence-corrected chi connectivity index (χ3v) is 5.89. The van der Waals surface area contributed by atoms with Crippen molar-refractivity contribution in [2.45, 2.75) is 65.4 Å². The van der Waals surface area contributed by atoms with Crippen LogP contribution in [0.25, 0.3) is 6.08 Å². The largest absolute Gasteiger partial charge is 0.496 e. The molecule has 0 saturated carbocycles. The molecule has 2 aromatic rings. The minimum absolute atomic E-state index is 0.00698. The highest BCUT2D eigenvalue weighted by molar-refractivity contribution is 5.56. The van der Waals surface area contributed by atoms with Crippen LogP contribution in [0.3, 0.4) is 0 Å². The van der Waals surface area contributed by atoms with Crippen molar-refractivity contribution in [1.82, 2.24) is 0 Å². The van der Waals surface area contributed by atoms with Crippen molar-refractivity contribution in [2.75, 3.05) is 7.11 Å². The summed E-state index contributed by atoms with van der Waals surface area (Å²) in [6.45, 7) is 10.8.